The summed E-state index contributed by atoms with van der Waals surface area (Å²) < 4.78 is 14.9. The van der Waals surface area contributed by atoms with Gasteiger partial charge in [-0.05, 0) is 61.1 Å². The second-order valence-electron chi connectivity index (χ2n) is 8.70. The molecule has 2 aromatic carbocycles. The Hall–Kier alpha value is -3.96. The van der Waals surface area contributed by atoms with Crippen molar-refractivity contribution in [3.63, 3.8) is 0 Å². The smallest absolute Gasteiger partial charge is 0.273 e. The average Bonchev–Trinajstić information content (AvgIpc) is 3.56. The topological polar surface area (TPSA) is 150 Å². The maximum Gasteiger partial charge on any atom is 0.273 e. The monoisotopic (exact) mass is 523 g/mol. The highest BCUT2D eigenvalue weighted by molar-refractivity contribution is 7.09. The van der Waals surface area contributed by atoms with Gasteiger partial charge in [-0.15, -0.1) is 0 Å². The zero-order valence-corrected chi connectivity index (χ0v) is 21.4. The second kappa shape index (κ2) is 11.4. The molecule has 37 heavy (non-hydrogen) atoms. The molecule has 0 spiro atoms. The molecule has 0 aliphatic carbocycles. The van der Waals surface area contributed by atoms with Crippen LogP contribution >= 0.6 is 11.5 Å². The molecule has 0 saturated carbocycles. The lowest BCUT2D eigenvalue weighted by Gasteiger charge is -2.31. The van der Waals surface area contributed by atoms with Crippen LogP contribution in [0.2, 0.25) is 0 Å². The van der Waals surface area contributed by atoms with E-state index in [-0.39, 0.29) is 22.4 Å². The fourth-order valence-corrected chi connectivity index (χ4v) is 4.89. The first kappa shape index (κ1) is 26.1. The molecule has 5 N–H and O–H groups in total. The zero-order valence-electron chi connectivity index (χ0n) is 20.6. The number of aromatic nitrogens is 1. The van der Waals surface area contributed by atoms with Gasteiger partial charge in [-0.1, -0.05) is 29.8 Å². The van der Waals surface area contributed by atoms with Crippen molar-refractivity contribution in [2.24, 2.45) is 5.73 Å². The van der Waals surface area contributed by atoms with Gasteiger partial charge >= 0.3 is 0 Å². The summed E-state index contributed by atoms with van der Waals surface area (Å²) in [6.45, 7) is 2.89. The molecule has 3 amide bonds. The van der Waals surface area contributed by atoms with Crippen molar-refractivity contribution < 1.29 is 23.9 Å². The number of nitrogens with two attached hydrogens (primary N) is 2. The Kier molecular flexibility index (Phi) is 8.04. The SMILES string of the molecule is COc1ccc([C@H](C(=O)NC[C@@H]2CCCO2)N(C(=O)c2snc(C(N)=O)c2N)c2ccc(C)cc2)cc1. The highest BCUT2D eigenvalue weighted by Crippen LogP contribution is 2.34. The van der Waals surface area contributed by atoms with Gasteiger partial charge in [0.05, 0.1) is 18.9 Å². The Morgan fingerprint density at radius 2 is 1.89 bits per heavy atom. The molecule has 1 aliphatic rings. The Balaban J connectivity index is 1.80. The molecular formula is C26H29N5O5S. The van der Waals surface area contributed by atoms with E-state index in [1.165, 1.54) is 4.90 Å². The minimum Gasteiger partial charge on any atom is -0.497 e. The number of carbonyl (C=O) groups is 3. The van der Waals surface area contributed by atoms with Crippen molar-refractivity contribution in [2.75, 3.05) is 30.9 Å². The molecule has 1 aromatic heterocycles. The van der Waals surface area contributed by atoms with Crippen molar-refractivity contribution in [1.29, 1.82) is 0 Å². The molecule has 2 atom stereocenters. The number of aryl methyl sites for hydroxylation is 1. The molecule has 0 unspecified atom stereocenters. The molecule has 2 heterocycles. The maximum atomic E-state index is 14.0. The molecule has 11 heteroatoms. The zero-order chi connectivity index (χ0) is 26.5. The molecular weight excluding hydrogens is 494 g/mol. The third kappa shape index (κ3) is 5.73. The van der Waals surface area contributed by atoms with E-state index in [2.05, 4.69) is 9.69 Å². The number of anilines is 2. The molecule has 3 aromatic rings. The van der Waals surface area contributed by atoms with Gasteiger partial charge < -0.3 is 26.3 Å². The van der Waals surface area contributed by atoms with Crippen LogP contribution in [0.25, 0.3) is 0 Å². The summed E-state index contributed by atoms with van der Waals surface area (Å²) >= 11 is 0.764. The first-order valence-electron chi connectivity index (χ1n) is 11.8. The molecule has 194 valence electrons. The second-order valence-corrected chi connectivity index (χ2v) is 9.48. The summed E-state index contributed by atoms with van der Waals surface area (Å²) in [5, 5.41) is 2.95. The number of hydrogen-bond acceptors (Lipinski definition) is 8. The largest absolute Gasteiger partial charge is 0.497 e. The van der Waals surface area contributed by atoms with Crippen LogP contribution < -0.4 is 26.4 Å². The molecule has 0 radical (unpaired) electrons. The van der Waals surface area contributed by atoms with Gasteiger partial charge in [0.1, 0.15) is 16.7 Å². The lowest BCUT2D eigenvalue weighted by atomic mass is 10.0. The number of rotatable bonds is 9. The minimum atomic E-state index is -1.07. The van der Waals surface area contributed by atoms with E-state index >= 15 is 0 Å². The van der Waals surface area contributed by atoms with Crippen molar-refractivity contribution in [3.05, 3.63) is 70.2 Å². The van der Waals surface area contributed by atoms with Gasteiger partial charge in [0.2, 0.25) is 5.91 Å². The Labute approximate surface area is 218 Å². The molecule has 10 nitrogen and oxygen atoms in total. The highest BCUT2D eigenvalue weighted by Gasteiger charge is 2.36. The number of nitrogen functional groups attached to an aromatic ring is 1. The third-order valence-corrected chi connectivity index (χ3v) is 7.00. The molecule has 4 rings (SSSR count). The van der Waals surface area contributed by atoms with Gasteiger partial charge in [0.25, 0.3) is 11.8 Å². The van der Waals surface area contributed by atoms with E-state index < -0.39 is 23.8 Å². The number of methoxy groups -OCH3 is 1. The van der Waals surface area contributed by atoms with Crippen LogP contribution in [0.4, 0.5) is 11.4 Å². The van der Waals surface area contributed by atoms with Gasteiger partial charge in [0.15, 0.2) is 5.69 Å². The summed E-state index contributed by atoms with van der Waals surface area (Å²) in [6.07, 6.45) is 1.70. The Bertz CT molecular complexity index is 1270. The summed E-state index contributed by atoms with van der Waals surface area (Å²) in [7, 11) is 1.55. The predicted octanol–water partition coefficient (Wildman–Crippen LogP) is 2.82. The minimum absolute atomic E-state index is 0.0137. The first-order chi connectivity index (χ1) is 17.8. The van der Waals surface area contributed by atoms with Crippen LogP contribution in [0.3, 0.4) is 0 Å². The maximum absolute atomic E-state index is 14.0. The van der Waals surface area contributed by atoms with Crippen molar-refractivity contribution >= 4 is 40.6 Å². The molecule has 1 fully saturated rings. The van der Waals surface area contributed by atoms with Gasteiger partial charge in [0, 0.05) is 18.8 Å². The summed E-state index contributed by atoms with van der Waals surface area (Å²) in [5.74, 6) is -1.21. The first-order valence-corrected chi connectivity index (χ1v) is 12.6. The number of primary amides is 1. The Morgan fingerprint density at radius 1 is 1.19 bits per heavy atom. The quantitative estimate of drug-likeness (QED) is 0.390. The van der Waals surface area contributed by atoms with Crippen LogP contribution in [-0.2, 0) is 9.53 Å². The van der Waals surface area contributed by atoms with Crippen molar-refractivity contribution in [3.8, 4) is 5.75 Å². The fourth-order valence-electron chi connectivity index (χ4n) is 4.15. The van der Waals surface area contributed by atoms with E-state index in [1.54, 1.807) is 43.5 Å². The van der Waals surface area contributed by atoms with Gasteiger partial charge in [-0.2, -0.15) is 4.37 Å². The lowest BCUT2D eigenvalue weighted by Crippen LogP contribution is -2.45. The van der Waals surface area contributed by atoms with Gasteiger partial charge in [-0.25, -0.2) is 0 Å². The molecule has 1 saturated heterocycles. The molecule has 1 aliphatic heterocycles. The number of nitrogens with one attached hydrogen (secondary N) is 1. The Morgan fingerprint density at radius 3 is 2.46 bits per heavy atom. The normalized spacial score (nSPS) is 15.7. The summed E-state index contributed by atoms with van der Waals surface area (Å²) in [5.41, 5.74) is 13.2. The van der Waals surface area contributed by atoms with E-state index in [1.807, 2.05) is 19.1 Å². The van der Waals surface area contributed by atoms with E-state index in [9.17, 15) is 14.4 Å². The van der Waals surface area contributed by atoms with E-state index in [0.29, 0.717) is 30.2 Å². The third-order valence-electron chi connectivity index (χ3n) is 6.15. The lowest BCUT2D eigenvalue weighted by molar-refractivity contribution is -0.123. The van der Waals surface area contributed by atoms with Gasteiger partial charge in [-0.3, -0.25) is 19.3 Å². The number of ether oxygens (including phenoxy) is 2. The van der Waals surface area contributed by atoms with Crippen molar-refractivity contribution in [2.45, 2.75) is 31.9 Å². The standard InChI is InChI=1S/C26H29N5O5S/c1-15-5-9-17(10-6-15)31(26(34)23-20(27)21(24(28)32)30-37-23)22(16-7-11-18(35-2)12-8-16)25(33)29-14-19-4-3-13-36-19/h5-12,19,22H,3-4,13-14,27H2,1-2H3,(H2,28,32)(H,29,33)/t19-,22+/m0/s1. The van der Waals surface area contributed by atoms with E-state index in [4.69, 9.17) is 20.9 Å². The fraction of sp³-hybridized carbons (Fsp3) is 0.308. The average molecular weight is 524 g/mol. The number of amides is 3. The number of carbonyl (C=O) groups excluding carboxylic acids is 3. The molecule has 0 bridgehead atoms. The van der Waals surface area contributed by atoms with Crippen LogP contribution in [0.15, 0.2) is 48.5 Å². The van der Waals surface area contributed by atoms with Crippen LogP contribution in [0.1, 0.15) is 50.2 Å². The number of nitrogens with zero attached hydrogens (tertiary/aromatic N) is 2. The van der Waals surface area contributed by atoms with Crippen LogP contribution in [-0.4, -0.2) is 48.5 Å². The summed E-state index contributed by atoms with van der Waals surface area (Å²) in [4.78, 5) is 40.9. The predicted molar refractivity (Wildman–Crippen MR) is 141 cm³/mol. The van der Waals surface area contributed by atoms with Crippen LogP contribution in [0.5, 0.6) is 5.75 Å². The summed E-state index contributed by atoms with van der Waals surface area (Å²) in [6, 6.07) is 13.0. The number of hydrogen-bond donors (Lipinski definition) is 3. The van der Waals surface area contributed by atoms with E-state index in [0.717, 1.165) is 29.9 Å². The van der Waals surface area contributed by atoms with Crippen LogP contribution in [0, 0.1) is 6.92 Å². The number of benzene rings is 2. The van der Waals surface area contributed by atoms with Crippen molar-refractivity contribution in [1.82, 2.24) is 9.69 Å². The highest BCUT2D eigenvalue weighted by atomic mass is 32.1.